The average molecular weight is 1020 g/mol. The van der Waals surface area contributed by atoms with Gasteiger partial charge in [-0.1, -0.05) is 37.1 Å². The Labute approximate surface area is 421 Å². The van der Waals surface area contributed by atoms with E-state index in [1.54, 1.807) is 30.3 Å². The SMILES string of the molecule is CCN(CC)c1ccc2c(-c3ccc(S(=O)(=O)NCCCCCCOc4ccc(OC)cc4CN(C(C)=O)c4cc(F)ccc4Oc4ccccc4)cc3S(=O)(=O)[O-])c3ccc(=[N+](CC)CC)cc-3oc2c1. The highest BCUT2D eigenvalue weighted by molar-refractivity contribution is 7.89. The first-order chi connectivity index (χ1) is 34.6. The number of nitrogens with zero attached hydrogens (tertiary/aromatic N) is 3. The lowest BCUT2D eigenvalue weighted by molar-refractivity contribution is -0.116. The van der Waals surface area contributed by atoms with Crippen LogP contribution in [0.4, 0.5) is 15.8 Å². The summed E-state index contributed by atoms with van der Waals surface area (Å²) in [7, 11) is -7.92. The minimum atomic E-state index is -5.21. The summed E-state index contributed by atoms with van der Waals surface area (Å²) in [5.74, 6) is 1.44. The van der Waals surface area contributed by atoms with Crippen LogP contribution in [0, 0.1) is 5.82 Å². The van der Waals surface area contributed by atoms with Gasteiger partial charge in [0.1, 0.15) is 57.6 Å². The predicted molar refractivity (Wildman–Crippen MR) is 278 cm³/mol. The van der Waals surface area contributed by atoms with E-state index in [9.17, 15) is 30.6 Å². The maximum absolute atomic E-state index is 14.7. The maximum atomic E-state index is 14.7. The quantitative estimate of drug-likeness (QED) is 0.0280. The van der Waals surface area contributed by atoms with Crippen LogP contribution in [-0.2, 0) is 31.5 Å². The Morgan fingerprint density at radius 3 is 2.18 bits per heavy atom. The number of sulfonamides is 1. The van der Waals surface area contributed by atoms with E-state index in [0.29, 0.717) is 88.7 Å². The third-order valence-corrected chi connectivity index (χ3v) is 14.9. The van der Waals surface area contributed by atoms with Gasteiger partial charge in [0.15, 0.2) is 5.75 Å². The Morgan fingerprint density at radius 1 is 0.764 bits per heavy atom. The van der Waals surface area contributed by atoms with Gasteiger partial charge in [-0.05, 0) is 113 Å². The molecule has 0 atom stereocenters. The number of rotatable bonds is 23. The number of carbonyl (C=O) groups excluding carboxylic acids is 1. The summed E-state index contributed by atoms with van der Waals surface area (Å²) in [5.41, 5.74) is 3.30. The van der Waals surface area contributed by atoms with Crippen LogP contribution in [0.5, 0.6) is 23.0 Å². The molecule has 17 heteroatoms. The van der Waals surface area contributed by atoms with E-state index in [-0.39, 0.29) is 35.1 Å². The molecule has 72 heavy (non-hydrogen) atoms. The highest BCUT2D eigenvalue weighted by Gasteiger charge is 2.26. The van der Waals surface area contributed by atoms with Crippen molar-refractivity contribution in [1.82, 2.24) is 9.30 Å². The van der Waals surface area contributed by atoms with Gasteiger partial charge in [0, 0.05) is 78.1 Å². The van der Waals surface area contributed by atoms with E-state index < -0.39 is 30.9 Å². The average Bonchev–Trinajstić information content (AvgIpc) is 3.37. The van der Waals surface area contributed by atoms with Crippen molar-refractivity contribution in [3.63, 3.8) is 0 Å². The third kappa shape index (κ3) is 12.4. The zero-order valence-corrected chi connectivity index (χ0v) is 43.1. The van der Waals surface area contributed by atoms with Gasteiger partial charge >= 0.3 is 0 Å². The van der Waals surface area contributed by atoms with Crippen LogP contribution in [0.2, 0.25) is 0 Å². The van der Waals surface area contributed by atoms with E-state index >= 15 is 0 Å². The van der Waals surface area contributed by atoms with E-state index in [1.165, 1.54) is 49.3 Å². The number of halogens is 1. The van der Waals surface area contributed by atoms with Crippen molar-refractivity contribution in [1.29, 1.82) is 0 Å². The first-order valence-electron chi connectivity index (χ1n) is 24.1. The maximum Gasteiger partial charge on any atom is 0.240 e. The molecular formula is C55H61FN4O10S2. The molecule has 0 bridgehead atoms. The first kappa shape index (κ1) is 53.0. The van der Waals surface area contributed by atoms with Crippen LogP contribution in [0.1, 0.15) is 65.9 Å². The number of ether oxygens (including phenoxy) is 3. The lowest BCUT2D eigenvalue weighted by Gasteiger charge is -2.25. The molecule has 1 heterocycles. The molecule has 1 aliphatic carbocycles. The molecule has 1 N–H and O–H groups in total. The van der Waals surface area contributed by atoms with Crippen LogP contribution in [0.3, 0.4) is 0 Å². The Bertz CT molecular complexity index is 3300. The lowest BCUT2D eigenvalue weighted by Crippen LogP contribution is -2.29. The molecule has 5 aromatic carbocycles. The fourth-order valence-corrected chi connectivity index (χ4v) is 10.6. The smallest absolute Gasteiger partial charge is 0.240 e. The van der Waals surface area contributed by atoms with Crippen LogP contribution in [0.15, 0.2) is 136 Å². The fourth-order valence-electron chi connectivity index (χ4n) is 8.75. The zero-order valence-electron chi connectivity index (χ0n) is 41.4. The van der Waals surface area contributed by atoms with Crippen LogP contribution in [0.25, 0.3) is 33.4 Å². The van der Waals surface area contributed by atoms with Crippen LogP contribution >= 0.6 is 0 Å². The molecule has 0 aromatic heterocycles. The summed E-state index contributed by atoms with van der Waals surface area (Å²) in [6.45, 7) is 13.0. The topological polar surface area (TPSA) is 171 Å². The summed E-state index contributed by atoms with van der Waals surface area (Å²) >= 11 is 0. The molecule has 0 spiro atoms. The van der Waals surface area contributed by atoms with Crippen molar-refractivity contribution in [2.75, 3.05) is 56.2 Å². The first-order valence-corrected chi connectivity index (χ1v) is 27.0. The molecule has 0 fully saturated rings. The molecule has 0 saturated carbocycles. The van der Waals surface area contributed by atoms with Crippen molar-refractivity contribution in [3.8, 4) is 45.4 Å². The van der Waals surface area contributed by atoms with Gasteiger partial charge in [0.25, 0.3) is 0 Å². The molecule has 0 saturated heterocycles. The van der Waals surface area contributed by atoms with E-state index in [4.69, 9.17) is 18.6 Å². The summed E-state index contributed by atoms with van der Waals surface area (Å²) in [6.07, 6.45) is 2.39. The zero-order chi connectivity index (χ0) is 51.6. The van der Waals surface area contributed by atoms with Gasteiger partial charge in [-0.25, -0.2) is 30.5 Å². The second kappa shape index (κ2) is 23.6. The number of hydrogen-bond acceptors (Lipinski definition) is 11. The number of fused-ring (bicyclic) bond motifs is 2. The molecule has 0 unspecified atom stereocenters. The van der Waals surface area contributed by atoms with Crippen LogP contribution < -0.4 is 38.7 Å². The Kier molecular flexibility index (Phi) is 17.4. The summed E-state index contributed by atoms with van der Waals surface area (Å²) in [6, 6.07) is 33.2. The summed E-state index contributed by atoms with van der Waals surface area (Å²) in [5, 5.41) is 1.47. The molecule has 380 valence electrons. The molecular weight excluding hydrogens is 960 g/mol. The van der Waals surface area contributed by atoms with Crippen molar-refractivity contribution in [2.24, 2.45) is 0 Å². The Morgan fingerprint density at radius 2 is 1.49 bits per heavy atom. The highest BCUT2D eigenvalue weighted by Crippen LogP contribution is 2.44. The molecule has 5 aromatic rings. The molecule has 0 radical (unpaired) electrons. The fraction of sp³-hybridized carbons (Fsp3) is 0.309. The summed E-state index contributed by atoms with van der Waals surface area (Å²) < 4.78 is 110. The van der Waals surface area contributed by atoms with Gasteiger partial charge in [-0.15, -0.1) is 0 Å². The number of benzene rings is 6. The number of para-hydroxylation sites is 1. The predicted octanol–water partition coefficient (Wildman–Crippen LogP) is 10.2. The van der Waals surface area contributed by atoms with Crippen molar-refractivity contribution in [2.45, 2.75) is 76.6 Å². The minimum absolute atomic E-state index is 0.0216. The van der Waals surface area contributed by atoms with Gasteiger partial charge < -0.3 is 33.0 Å². The largest absolute Gasteiger partial charge is 0.744 e. The van der Waals surface area contributed by atoms with Gasteiger partial charge in [-0.2, -0.15) is 0 Å². The van der Waals surface area contributed by atoms with Gasteiger partial charge in [0.2, 0.25) is 21.3 Å². The van der Waals surface area contributed by atoms with Crippen molar-refractivity contribution >= 4 is 48.4 Å². The standard InChI is InChI=1S/C55H61FN4O10S2/c1-7-58(8-2)41-21-25-46-52(34-41)70-53-35-42(59(9-3)10-4)22-26-47(53)55(46)48-27-24-45(36-54(48)72(64,65)66)71(62,63)57-30-16-11-12-17-31-68-50-29-23-44(67-6)32-39(50)37-60(38(5)61)49-33-40(56)20-28-51(49)69-43-18-14-13-15-19-43/h13-15,18-29,32-36,57H,7-12,16-17,30-31,37H2,1-6H3. The molecule has 7 rings (SSSR count). The third-order valence-electron chi connectivity index (χ3n) is 12.5. The number of anilines is 2. The van der Waals surface area contributed by atoms with E-state index in [0.717, 1.165) is 43.3 Å². The number of amides is 1. The second-order valence-electron chi connectivity index (χ2n) is 17.1. The Balaban J connectivity index is 1.03. The minimum Gasteiger partial charge on any atom is -0.744 e. The van der Waals surface area contributed by atoms with Crippen molar-refractivity contribution < 1.29 is 49.2 Å². The van der Waals surface area contributed by atoms with E-state index in [1.807, 2.05) is 82.3 Å². The highest BCUT2D eigenvalue weighted by atomic mass is 32.2. The number of methoxy groups -OCH3 is 1. The summed E-state index contributed by atoms with van der Waals surface area (Å²) in [4.78, 5) is 15.7. The van der Waals surface area contributed by atoms with Gasteiger partial charge in [-0.3, -0.25) is 4.79 Å². The van der Waals surface area contributed by atoms with Crippen molar-refractivity contribution in [3.05, 3.63) is 138 Å². The molecule has 1 amide bonds. The Hall–Kier alpha value is -6.79. The molecule has 14 nitrogen and oxygen atoms in total. The number of nitrogens with one attached hydrogen (secondary N) is 1. The second-order valence-corrected chi connectivity index (χ2v) is 20.2. The number of unbranched alkanes of at least 4 members (excludes halogenated alkanes) is 3. The normalized spacial score (nSPS) is 11.7. The lowest BCUT2D eigenvalue weighted by atomic mass is 9.93. The van der Waals surface area contributed by atoms with E-state index in [2.05, 4.69) is 14.2 Å². The monoisotopic (exact) mass is 1020 g/mol. The molecule has 2 aliphatic rings. The molecule has 1 aliphatic heterocycles. The number of carbonyl (C=O) groups is 1. The van der Waals surface area contributed by atoms with Crippen LogP contribution in [-0.4, -0.2) is 73.7 Å². The van der Waals surface area contributed by atoms with Gasteiger partial charge in [0.05, 0.1) is 41.8 Å². The number of hydrogen-bond donors (Lipinski definition) is 1.